The van der Waals surface area contributed by atoms with Crippen LogP contribution in [0.2, 0.25) is 0 Å². The number of hydrogen-bond donors (Lipinski definition) is 3. The second kappa shape index (κ2) is 9.11. The highest BCUT2D eigenvalue weighted by Crippen LogP contribution is 2.25. The molecular weight excluding hydrogens is 394 g/mol. The summed E-state index contributed by atoms with van der Waals surface area (Å²) < 4.78 is 1.26. The summed E-state index contributed by atoms with van der Waals surface area (Å²) in [5.41, 5.74) is 1.57. The molecule has 3 rings (SSSR count). The number of nitrogens with zero attached hydrogens (tertiary/aromatic N) is 2. The number of anilines is 1. The molecule has 3 N–H and O–H groups in total. The van der Waals surface area contributed by atoms with Gasteiger partial charge in [0.1, 0.15) is 0 Å². The fraction of sp³-hybridized carbons (Fsp3) is 0.211. The van der Waals surface area contributed by atoms with Gasteiger partial charge in [-0.1, -0.05) is 24.3 Å². The Bertz CT molecular complexity index is 1130. The molecule has 150 valence electrons. The van der Waals surface area contributed by atoms with Crippen LogP contribution < -0.4 is 21.9 Å². The number of carbonyl (C=O) groups is 2. The van der Waals surface area contributed by atoms with Gasteiger partial charge in [0, 0.05) is 49.6 Å². The topological polar surface area (TPSA) is 126 Å². The van der Waals surface area contributed by atoms with Crippen LogP contribution in [0.4, 0.5) is 5.13 Å². The molecule has 0 aliphatic heterocycles. The molecule has 0 fully saturated rings. The Balaban J connectivity index is 1.56. The van der Waals surface area contributed by atoms with Gasteiger partial charge in [-0.15, -0.1) is 11.3 Å². The predicted octanol–water partition coefficient (Wildman–Crippen LogP) is 1.32. The molecule has 3 aromatic rings. The molecule has 0 bridgehead atoms. The van der Waals surface area contributed by atoms with E-state index in [9.17, 15) is 19.2 Å². The first-order valence-electron chi connectivity index (χ1n) is 8.79. The fourth-order valence-corrected chi connectivity index (χ4v) is 3.24. The number of hydrogen-bond acceptors (Lipinski definition) is 6. The zero-order valence-corrected chi connectivity index (χ0v) is 16.4. The molecule has 29 heavy (non-hydrogen) atoms. The summed E-state index contributed by atoms with van der Waals surface area (Å²) in [6.07, 6.45) is 1.42. The molecule has 0 aliphatic rings. The van der Waals surface area contributed by atoms with Gasteiger partial charge in [0.15, 0.2) is 5.13 Å². The summed E-state index contributed by atoms with van der Waals surface area (Å²) in [6, 6.07) is 8.85. The molecule has 10 heteroatoms. The Labute approximate surface area is 169 Å². The smallest absolute Gasteiger partial charge is 0.328 e. The van der Waals surface area contributed by atoms with Crippen LogP contribution in [0.25, 0.3) is 11.3 Å². The standard InChI is InChI=1S/C19H19N5O4S/c1-12(25)20-10-13-2-4-14(5-3-13)15-11-29-18(21-15)22-16(26)6-8-24-9-7-17(27)23-19(24)28/h2-5,7,9,11H,6,8,10H2,1H3,(H,20,25)(H,21,22,26)(H,23,27,28). The average molecular weight is 413 g/mol. The number of nitrogens with one attached hydrogen (secondary N) is 3. The highest BCUT2D eigenvalue weighted by Gasteiger charge is 2.09. The molecule has 2 aromatic heterocycles. The highest BCUT2D eigenvalue weighted by molar-refractivity contribution is 7.14. The van der Waals surface area contributed by atoms with Crippen LogP contribution in [-0.4, -0.2) is 26.3 Å². The first kappa shape index (κ1) is 20.2. The van der Waals surface area contributed by atoms with Crippen molar-refractivity contribution in [3.05, 3.63) is 68.3 Å². The maximum Gasteiger partial charge on any atom is 0.328 e. The van der Waals surface area contributed by atoms with Crippen LogP contribution in [0.5, 0.6) is 0 Å². The number of aryl methyl sites for hydroxylation is 1. The third kappa shape index (κ3) is 5.72. The minimum atomic E-state index is -0.552. The molecular formula is C19H19N5O4S. The van der Waals surface area contributed by atoms with Gasteiger partial charge in [0.2, 0.25) is 11.8 Å². The van der Waals surface area contributed by atoms with Crippen molar-refractivity contribution in [2.45, 2.75) is 26.4 Å². The van der Waals surface area contributed by atoms with E-state index in [0.717, 1.165) is 16.8 Å². The molecule has 0 saturated carbocycles. The number of aromatic amines is 1. The monoisotopic (exact) mass is 413 g/mol. The van der Waals surface area contributed by atoms with Crippen molar-refractivity contribution < 1.29 is 9.59 Å². The lowest BCUT2D eigenvalue weighted by molar-refractivity contribution is -0.119. The third-order valence-electron chi connectivity index (χ3n) is 4.02. The molecule has 0 unspecified atom stereocenters. The molecule has 2 heterocycles. The Morgan fingerprint density at radius 1 is 1.17 bits per heavy atom. The summed E-state index contributed by atoms with van der Waals surface area (Å²) in [6.45, 7) is 2.08. The van der Waals surface area contributed by atoms with E-state index >= 15 is 0 Å². The number of aromatic nitrogens is 3. The molecule has 9 nitrogen and oxygen atoms in total. The summed E-state index contributed by atoms with van der Waals surface area (Å²) in [5, 5.41) is 7.75. The van der Waals surface area contributed by atoms with Gasteiger partial charge in [-0.3, -0.25) is 19.4 Å². The maximum absolute atomic E-state index is 12.1. The predicted molar refractivity (Wildman–Crippen MR) is 110 cm³/mol. The van der Waals surface area contributed by atoms with Crippen molar-refractivity contribution in [1.82, 2.24) is 19.9 Å². The Morgan fingerprint density at radius 3 is 2.62 bits per heavy atom. The van der Waals surface area contributed by atoms with E-state index in [2.05, 4.69) is 20.6 Å². The lowest BCUT2D eigenvalue weighted by atomic mass is 10.1. The van der Waals surface area contributed by atoms with Gasteiger partial charge in [-0.25, -0.2) is 9.78 Å². The van der Waals surface area contributed by atoms with Gasteiger partial charge in [-0.2, -0.15) is 0 Å². The van der Waals surface area contributed by atoms with E-state index in [0.29, 0.717) is 11.7 Å². The van der Waals surface area contributed by atoms with Crippen LogP contribution in [0.1, 0.15) is 18.9 Å². The number of amides is 2. The average Bonchev–Trinajstić information content (AvgIpc) is 3.14. The molecule has 1 aromatic carbocycles. The van der Waals surface area contributed by atoms with E-state index < -0.39 is 11.2 Å². The summed E-state index contributed by atoms with van der Waals surface area (Å²) in [7, 11) is 0. The van der Waals surface area contributed by atoms with E-state index in [-0.39, 0.29) is 24.8 Å². The first-order chi connectivity index (χ1) is 13.9. The van der Waals surface area contributed by atoms with Crippen LogP contribution >= 0.6 is 11.3 Å². The van der Waals surface area contributed by atoms with Crippen molar-refractivity contribution in [2.24, 2.45) is 0 Å². The lowest BCUT2D eigenvalue weighted by Crippen LogP contribution is -2.29. The number of rotatable bonds is 7. The van der Waals surface area contributed by atoms with Gasteiger partial charge < -0.3 is 15.2 Å². The Morgan fingerprint density at radius 2 is 1.93 bits per heavy atom. The van der Waals surface area contributed by atoms with Crippen molar-refractivity contribution >= 4 is 28.3 Å². The van der Waals surface area contributed by atoms with E-state index in [1.807, 2.05) is 29.6 Å². The zero-order valence-electron chi connectivity index (χ0n) is 15.6. The highest BCUT2D eigenvalue weighted by atomic mass is 32.1. The molecule has 0 saturated heterocycles. The SMILES string of the molecule is CC(=O)NCc1ccc(-c2csc(NC(=O)CCn3ccc(=O)[nH]c3=O)n2)cc1. The van der Waals surface area contributed by atoms with Gasteiger partial charge >= 0.3 is 5.69 Å². The third-order valence-corrected chi connectivity index (χ3v) is 4.78. The summed E-state index contributed by atoms with van der Waals surface area (Å²) in [4.78, 5) is 52.3. The van der Waals surface area contributed by atoms with Crippen LogP contribution in [-0.2, 0) is 22.7 Å². The molecule has 0 spiro atoms. The molecule has 0 atom stereocenters. The lowest BCUT2D eigenvalue weighted by Gasteiger charge is -2.04. The van der Waals surface area contributed by atoms with Gasteiger partial charge in [0.25, 0.3) is 5.56 Å². The van der Waals surface area contributed by atoms with Crippen molar-refractivity contribution in [3.63, 3.8) is 0 Å². The van der Waals surface area contributed by atoms with E-state index in [1.54, 1.807) is 0 Å². The van der Waals surface area contributed by atoms with Gasteiger partial charge in [-0.05, 0) is 5.56 Å². The minimum absolute atomic E-state index is 0.0682. The number of H-pyrrole nitrogens is 1. The largest absolute Gasteiger partial charge is 0.352 e. The Kier molecular flexibility index (Phi) is 6.35. The number of carbonyl (C=O) groups excluding carboxylic acids is 2. The normalized spacial score (nSPS) is 10.5. The van der Waals surface area contributed by atoms with E-state index in [4.69, 9.17) is 0 Å². The van der Waals surface area contributed by atoms with Crippen molar-refractivity contribution in [1.29, 1.82) is 0 Å². The number of benzene rings is 1. The quantitative estimate of drug-likeness (QED) is 0.539. The van der Waals surface area contributed by atoms with Crippen LogP contribution in [0.15, 0.2) is 51.5 Å². The first-order valence-corrected chi connectivity index (χ1v) is 9.67. The Hall–Kier alpha value is -3.53. The zero-order chi connectivity index (χ0) is 20.8. The van der Waals surface area contributed by atoms with Crippen molar-refractivity contribution in [3.8, 4) is 11.3 Å². The van der Waals surface area contributed by atoms with Gasteiger partial charge in [0.05, 0.1) is 5.69 Å². The van der Waals surface area contributed by atoms with E-state index in [1.165, 1.54) is 35.1 Å². The summed E-state index contributed by atoms with van der Waals surface area (Å²) >= 11 is 1.30. The maximum atomic E-state index is 12.1. The second-order valence-electron chi connectivity index (χ2n) is 6.25. The number of thiazole rings is 1. The molecule has 0 aliphatic carbocycles. The van der Waals surface area contributed by atoms with Crippen LogP contribution in [0.3, 0.4) is 0 Å². The minimum Gasteiger partial charge on any atom is -0.352 e. The van der Waals surface area contributed by atoms with Crippen LogP contribution in [0, 0.1) is 0 Å². The second-order valence-corrected chi connectivity index (χ2v) is 7.10. The molecule has 2 amide bonds. The summed E-state index contributed by atoms with van der Waals surface area (Å²) in [5.74, 6) is -0.367. The van der Waals surface area contributed by atoms with Crippen molar-refractivity contribution in [2.75, 3.05) is 5.32 Å². The molecule has 0 radical (unpaired) electrons. The fourth-order valence-electron chi connectivity index (χ4n) is 2.51.